The predicted molar refractivity (Wildman–Crippen MR) is 97.6 cm³/mol. The highest BCUT2D eigenvalue weighted by Crippen LogP contribution is 2.22. The van der Waals surface area contributed by atoms with Crippen molar-refractivity contribution in [2.75, 3.05) is 39.3 Å². The van der Waals surface area contributed by atoms with Crippen LogP contribution in [0.15, 0.2) is 23.1 Å². The molecule has 1 aliphatic rings. The van der Waals surface area contributed by atoms with Gasteiger partial charge in [0.25, 0.3) is 5.91 Å². The monoisotopic (exact) mass is 421 g/mol. The van der Waals surface area contributed by atoms with E-state index in [-0.39, 0.29) is 29.6 Å². The van der Waals surface area contributed by atoms with Gasteiger partial charge in [-0.3, -0.25) is 10.1 Å². The molecule has 2 rings (SSSR count). The highest BCUT2D eigenvalue weighted by atomic mass is 35.5. The minimum absolute atomic E-state index is 0.0670. The van der Waals surface area contributed by atoms with Crippen molar-refractivity contribution in [2.24, 2.45) is 0 Å². The van der Waals surface area contributed by atoms with Crippen LogP contribution in [0.3, 0.4) is 0 Å². The van der Waals surface area contributed by atoms with Crippen LogP contribution < -0.4 is 15.5 Å². The van der Waals surface area contributed by atoms with E-state index in [2.05, 4.69) is 10.6 Å². The first-order chi connectivity index (χ1) is 12.7. The van der Waals surface area contributed by atoms with Gasteiger partial charge in [0.1, 0.15) is 5.82 Å². The van der Waals surface area contributed by atoms with E-state index in [0.29, 0.717) is 19.6 Å². The lowest BCUT2D eigenvalue weighted by molar-refractivity contribution is -0.895. The Kier molecular flexibility index (Phi) is 7.54. The second-order valence-corrected chi connectivity index (χ2v) is 8.56. The van der Waals surface area contributed by atoms with Gasteiger partial charge in [-0.1, -0.05) is 18.5 Å². The maximum Gasteiger partial charge on any atom is 0.321 e. The summed E-state index contributed by atoms with van der Waals surface area (Å²) in [6.45, 7) is 3.71. The Hall–Kier alpha value is -1.75. The number of sulfonamides is 1. The number of quaternary nitrogens is 1. The first kappa shape index (κ1) is 21.5. The molecule has 0 spiro atoms. The summed E-state index contributed by atoms with van der Waals surface area (Å²) in [5, 5.41) is 4.55. The Labute approximate surface area is 162 Å². The van der Waals surface area contributed by atoms with Crippen LogP contribution >= 0.6 is 11.6 Å². The zero-order valence-electron chi connectivity index (χ0n) is 14.9. The summed E-state index contributed by atoms with van der Waals surface area (Å²) in [5.41, 5.74) is 0. The maximum absolute atomic E-state index is 13.3. The Morgan fingerprint density at radius 2 is 1.96 bits per heavy atom. The van der Waals surface area contributed by atoms with Gasteiger partial charge < -0.3 is 10.2 Å². The molecule has 11 heteroatoms. The fourth-order valence-corrected chi connectivity index (χ4v) is 4.40. The first-order valence-electron chi connectivity index (χ1n) is 8.60. The zero-order valence-corrected chi connectivity index (χ0v) is 16.5. The van der Waals surface area contributed by atoms with Crippen LogP contribution in [-0.2, 0) is 14.8 Å². The Morgan fingerprint density at radius 1 is 1.30 bits per heavy atom. The van der Waals surface area contributed by atoms with Crippen LogP contribution in [0.25, 0.3) is 0 Å². The van der Waals surface area contributed by atoms with Gasteiger partial charge in [0.15, 0.2) is 6.54 Å². The number of hydrogen-bond donors (Lipinski definition) is 3. The van der Waals surface area contributed by atoms with E-state index in [4.69, 9.17) is 11.6 Å². The highest BCUT2D eigenvalue weighted by molar-refractivity contribution is 7.89. The summed E-state index contributed by atoms with van der Waals surface area (Å²) in [4.78, 5) is 24.2. The number of benzene rings is 1. The number of piperazine rings is 1. The van der Waals surface area contributed by atoms with Crippen LogP contribution in [0.4, 0.5) is 9.18 Å². The molecule has 0 radical (unpaired) electrons. The van der Waals surface area contributed by atoms with Crippen LogP contribution in [-0.4, -0.2) is 63.9 Å². The summed E-state index contributed by atoms with van der Waals surface area (Å²) in [6.07, 6.45) is 0.766. The molecular formula is C16H23ClFN4O4S+. The topological polar surface area (TPSA) is 100 Å². The average molecular weight is 422 g/mol. The van der Waals surface area contributed by atoms with E-state index < -0.39 is 27.8 Å². The molecule has 0 unspecified atom stereocenters. The van der Waals surface area contributed by atoms with Crippen molar-refractivity contribution in [1.82, 2.24) is 14.9 Å². The predicted octanol–water partition coefficient (Wildman–Crippen LogP) is -0.396. The number of rotatable bonds is 6. The Morgan fingerprint density at radius 3 is 2.56 bits per heavy atom. The van der Waals surface area contributed by atoms with Crippen molar-refractivity contribution in [2.45, 2.75) is 18.2 Å². The van der Waals surface area contributed by atoms with Gasteiger partial charge in [-0.25, -0.2) is 17.6 Å². The van der Waals surface area contributed by atoms with E-state index in [1.54, 1.807) is 0 Å². The second kappa shape index (κ2) is 9.45. The van der Waals surface area contributed by atoms with Crippen LogP contribution in [0, 0.1) is 5.82 Å². The van der Waals surface area contributed by atoms with Gasteiger partial charge in [-0.15, -0.1) is 0 Å². The van der Waals surface area contributed by atoms with E-state index in [0.717, 1.165) is 23.5 Å². The Balaban J connectivity index is 1.88. The van der Waals surface area contributed by atoms with Crippen LogP contribution in [0.5, 0.6) is 0 Å². The third kappa shape index (κ3) is 5.86. The standard InChI is InChI=1S/C16H22ClFN4O4S/c1-2-5-19-16(24)20-15(23)11-21-6-8-22(9-7-21)27(25,26)12-3-4-14(18)13(17)10-12/h3-4,10H,2,5-9,11H2,1H3,(H2,19,20,23,24)/p+1. The molecular weight excluding hydrogens is 399 g/mol. The van der Waals surface area contributed by atoms with Gasteiger partial charge in [-0.2, -0.15) is 4.31 Å². The van der Waals surface area contributed by atoms with Gasteiger partial charge in [0.05, 0.1) is 36.1 Å². The molecule has 1 saturated heterocycles. The molecule has 3 N–H and O–H groups in total. The van der Waals surface area contributed by atoms with Gasteiger partial charge in [0.2, 0.25) is 10.0 Å². The molecule has 0 saturated carbocycles. The van der Waals surface area contributed by atoms with Crippen molar-refractivity contribution in [3.8, 4) is 0 Å². The number of carbonyl (C=O) groups is 2. The molecule has 0 bridgehead atoms. The van der Waals surface area contributed by atoms with E-state index >= 15 is 0 Å². The lowest BCUT2D eigenvalue weighted by Crippen LogP contribution is -3.15. The van der Waals surface area contributed by atoms with Gasteiger partial charge in [0, 0.05) is 6.54 Å². The van der Waals surface area contributed by atoms with Crippen molar-refractivity contribution < 1.29 is 27.3 Å². The van der Waals surface area contributed by atoms with Crippen molar-refractivity contribution in [1.29, 1.82) is 0 Å². The molecule has 0 aromatic heterocycles. The summed E-state index contributed by atoms with van der Waals surface area (Å²) in [7, 11) is -3.78. The third-order valence-corrected chi connectivity index (χ3v) is 6.34. The fourth-order valence-electron chi connectivity index (χ4n) is 2.69. The average Bonchev–Trinajstić information content (AvgIpc) is 2.62. The normalized spacial score (nSPS) is 16.1. The number of amides is 3. The lowest BCUT2D eigenvalue weighted by atomic mass is 10.3. The fraction of sp³-hybridized carbons (Fsp3) is 0.500. The SMILES string of the molecule is CCCNC(=O)NC(=O)C[NH+]1CCN(S(=O)(=O)c2ccc(F)c(Cl)c2)CC1. The largest absolute Gasteiger partial charge is 0.338 e. The quantitative estimate of drug-likeness (QED) is 0.582. The highest BCUT2D eigenvalue weighted by Gasteiger charge is 2.31. The maximum atomic E-state index is 13.3. The van der Waals surface area contributed by atoms with Crippen LogP contribution in [0.2, 0.25) is 5.02 Å². The van der Waals surface area contributed by atoms with Crippen LogP contribution in [0.1, 0.15) is 13.3 Å². The number of imide groups is 1. The smallest absolute Gasteiger partial charge is 0.321 e. The molecule has 1 heterocycles. The lowest BCUT2D eigenvalue weighted by Gasteiger charge is -2.31. The minimum Gasteiger partial charge on any atom is -0.338 e. The molecule has 1 aliphatic heterocycles. The number of carbonyl (C=O) groups excluding carboxylic acids is 2. The first-order valence-corrected chi connectivity index (χ1v) is 10.4. The molecule has 8 nitrogen and oxygen atoms in total. The molecule has 1 aromatic carbocycles. The molecule has 0 atom stereocenters. The molecule has 0 aliphatic carbocycles. The number of hydrogen-bond acceptors (Lipinski definition) is 4. The summed E-state index contributed by atoms with van der Waals surface area (Å²) < 4.78 is 39.8. The Bertz CT molecular complexity index is 798. The van der Waals surface area contributed by atoms with E-state index in [9.17, 15) is 22.4 Å². The number of nitrogens with zero attached hydrogens (tertiary/aromatic N) is 1. The van der Waals surface area contributed by atoms with Gasteiger partial charge in [-0.05, 0) is 24.6 Å². The molecule has 1 fully saturated rings. The zero-order chi connectivity index (χ0) is 20.0. The number of urea groups is 1. The van der Waals surface area contributed by atoms with E-state index in [1.807, 2.05) is 6.92 Å². The van der Waals surface area contributed by atoms with Crippen molar-refractivity contribution >= 4 is 33.6 Å². The van der Waals surface area contributed by atoms with Crippen molar-refractivity contribution in [3.63, 3.8) is 0 Å². The second-order valence-electron chi connectivity index (χ2n) is 6.21. The molecule has 1 aromatic rings. The summed E-state index contributed by atoms with van der Waals surface area (Å²) in [6, 6.07) is 2.76. The van der Waals surface area contributed by atoms with Gasteiger partial charge >= 0.3 is 6.03 Å². The summed E-state index contributed by atoms with van der Waals surface area (Å²) in [5.74, 6) is -1.10. The summed E-state index contributed by atoms with van der Waals surface area (Å²) >= 11 is 5.67. The van der Waals surface area contributed by atoms with Crippen molar-refractivity contribution in [3.05, 3.63) is 29.0 Å². The third-order valence-electron chi connectivity index (χ3n) is 4.16. The van der Waals surface area contributed by atoms with E-state index in [1.165, 1.54) is 10.4 Å². The molecule has 27 heavy (non-hydrogen) atoms. The molecule has 150 valence electrons. The number of halogens is 2. The molecule has 3 amide bonds. The number of nitrogens with one attached hydrogen (secondary N) is 3. The minimum atomic E-state index is -3.78.